The second-order valence-corrected chi connectivity index (χ2v) is 2.95. The first-order valence-corrected chi connectivity index (χ1v) is 4.15. The zero-order valence-electron chi connectivity index (χ0n) is 6.89. The minimum Gasteiger partial charge on any atom is -0.378 e. The lowest BCUT2D eigenvalue weighted by molar-refractivity contribution is -0.0143. The number of hydrogen-bond acceptors (Lipinski definition) is 2. The van der Waals surface area contributed by atoms with E-state index in [0.29, 0.717) is 6.10 Å². The van der Waals surface area contributed by atoms with E-state index in [1.54, 1.807) is 0 Å². The lowest BCUT2D eigenvalue weighted by atomic mass is 9.89. The van der Waals surface area contributed by atoms with E-state index >= 15 is 0 Å². The summed E-state index contributed by atoms with van der Waals surface area (Å²) in [7, 11) is 2.01. The van der Waals surface area contributed by atoms with Crippen LogP contribution >= 0.6 is 0 Å². The van der Waals surface area contributed by atoms with Crippen LogP contribution in [0.3, 0.4) is 0 Å². The average Bonchev–Trinajstić information content (AvgIpc) is 1.86. The molecule has 2 nitrogen and oxygen atoms in total. The summed E-state index contributed by atoms with van der Waals surface area (Å²) in [5.41, 5.74) is 0. The van der Waals surface area contributed by atoms with E-state index in [1.165, 1.54) is 12.8 Å². The smallest absolute Gasteiger partial charge is 0.0604 e. The number of ether oxygens (including phenoxy) is 1. The maximum atomic E-state index is 5.52. The number of nitrogens with one attached hydrogen (secondary N) is 1. The van der Waals surface area contributed by atoms with Gasteiger partial charge in [-0.2, -0.15) is 0 Å². The molecule has 2 heteroatoms. The Hall–Kier alpha value is -0.0800. The van der Waals surface area contributed by atoms with E-state index in [9.17, 15) is 0 Å². The van der Waals surface area contributed by atoms with E-state index in [1.807, 2.05) is 7.05 Å². The van der Waals surface area contributed by atoms with Crippen molar-refractivity contribution in [3.8, 4) is 0 Å². The summed E-state index contributed by atoms with van der Waals surface area (Å²) < 4.78 is 5.52. The van der Waals surface area contributed by atoms with Crippen LogP contribution in [-0.4, -0.2) is 25.8 Å². The van der Waals surface area contributed by atoms with Gasteiger partial charge in [0.05, 0.1) is 6.10 Å². The summed E-state index contributed by atoms with van der Waals surface area (Å²) in [5.74, 6) is 0. The zero-order valence-corrected chi connectivity index (χ0v) is 6.89. The Labute approximate surface area is 63.0 Å². The third-order valence-corrected chi connectivity index (χ3v) is 2.06. The van der Waals surface area contributed by atoms with Gasteiger partial charge >= 0.3 is 0 Å². The molecule has 60 valence electrons. The molecule has 0 radical (unpaired) electrons. The van der Waals surface area contributed by atoms with Crippen molar-refractivity contribution >= 4 is 0 Å². The third kappa shape index (κ3) is 1.96. The van der Waals surface area contributed by atoms with Crippen molar-refractivity contribution in [2.75, 3.05) is 13.7 Å². The molecule has 1 fully saturated rings. The standard InChI is InChI=1S/C8H17NO/c1-3-4-10-8-5-7(6-8)9-2/h7-9H,3-6H2,1-2H3. The molecule has 0 aliphatic heterocycles. The van der Waals surface area contributed by atoms with E-state index in [2.05, 4.69) is 12.2 Å². The van der Waals surface area contributed by atoms with Crippen LogP contribution in [0.25, 0.3) is 0 Å². The first-order chi connectivity index (χ1) is 4.86. The van der Waals surface area contributed by atoms with Gasteiger partial charge < -0.3 is 10.1 Å². The average molecular weight is 143 g/mol. The van der Waals surface area contributed by atoms with Gasteiger partial charge in [-0.25, -0.2) is 0 Å². The molecular weight excluding hydrogens is 126 g/mol. The molecule has 0 aromatic heterocycles. The van der Waals surface area contributed by atoms with Crippen LogP contribution in [-0.2, 0) is 4.74 Å². The predicted molar refractivity (Wildman–Crippen MR) is 42.1 cm³/mol. The van der Waals surface area contributed by atoms with E-state index in [-0.39, 0.29) is 0 Å². The lowest BCUT2D eigenvalue weighted by Crippen LogP contribution is -2.43. The Bertz CT molecular complexity index is 86.5. The number of hydrogen-bond donors (Lipinski definition) is 1. The Morgan fingerprint density at radius 3 is 2.70 bits per heavy atom. The van der Waals surface area contributed by atoms with Crippen molar-refractivity contribution in [1.29, 1.82) is 0 Å². The molecular formula is C8H17NO. The fourth-order valence-electron chi connectivity index (χ4n) is 1.22. The van der Waals surface area contributed by atoms with Gasteiger partial charge in [-0.1, -0.05) is 6.92 Å². The fourth-order valence-corrected chi connectivity index (χ4v) is 1.22. The highest BCUT2D eigenvalue weighted by molar-refractivity contribution is 4.84. The van der Waals surface area contributed by atoms with Gasteiger partial charge in [-0.15, -0.1) is 0 Å². The summed E-state index contributed by atoms with van der Waals surface area (Å²) in [6.07, 6.45) is 4.10. The largest absolute Gasteiger partial charge is 0.378 e. The van der Waals surface area contributed by atoms with Gasteiger partial charge in [0.1, 0.15) is 0 Å². The van der Waals surface area contributed by atoms with Crippen LogP contribution in [0.15, 0.2) is 0 Å². The van der Waals surface area contributed by atoms with Crippen LogP contribution in [0.2, 0.25) is 0 Å². The summed E-state index contributed by atoms with van der Waals surface area (Å²) in [6.45, 7) is 3.08. The summed E-state index contributed by atoms with van der Waals surface area (Å²) >= 11 is 0. The van der Waals surface area contributed by atoms with Crippen LogP contribution in [0, 0.1) is 0 Å². The maximum absolute atomic E-state index is 5.52. The molecule has 0 atom stereocenters. The summed E-state index contributed by atoms with van der Waals surface area (Å²) in [6, 6.07) is 0.724. The quantitative estimate of drug-likeness (QED) is 0.637. The molecule has 1 saturated carbocycles. The molecule has 1 N–H and O–H groups in total. The van der Waals surface area contributed by atoms with E-state index < -0.39 is 0 Å². The molecule has 0 amide bonds. The normalized spacial score (nSPS) is 31.8. The van der Waals surface area contributed by atoms with Crippen LogP contribution < -0.4 is 5.32 Å². The zero-order chi connectivity index (χ0) is 7.40. The minimum atomic E-state index is 0.553. The molecule has 0 bridgehead atoms. The van der Waals surface area contributed by atoms with Gasteiger partial charge in [0.2, 0.25) is 0 Å². The van der Waals surface area contributed by atoms with Gasteiger partial charge in [0.25, 0.3) is 0 Å². The molecule has 0 aromatic carbocycles. The highest BCUT2D eigenvalue weighted by atomic mass is 16.5. The maximum Gasteiger partial charge on any atom is 0.0604 e. The van der Waals surface area contributed by atoms with Crippen molar-refractivity contribution in [3.05, 3.63) is 0 Å². The molecule has 10 heavy (non-hydrogen) atoms. The number of rotatable bonds is 4. The summed E-state index contributed by atoms with van der Waals surface area (Å²) in [4.78, 5) is 0. The molecule has 1 aliphatic carbocycles. The van der Waals surface area contributed by atoms with Gasteiger partial charge in [-0.3, -0.25) is 0 Å². The first-order valence-electron chi connectivity index (χ1n) is 4.15. The lowest BCUT2D eigenvalue weighted by Gasteiger charge is -2.34. The minimum absolute atomic E-state index is 0.553. The van der Waals surface area contributed by atoms with Gasteiger partial charge in [0.15, 0.2) is 0 Å². The van der Waals surface area contributed by atoms with Crippen LogP contribution in [0.1, 0.15) is 26.2 Å². The molecule has 0 aromatic rings. The topological polar surface area (TPSA) is 21.3 Å². The Balaban J connectivity index is 1.93. The second kappa shape index (κ2) is 3.94. The summed E-state index contributed by atoms with van der Waals surface area (Å²) in [5, 5.41) is 3.23. The Morgan fingerprint density at radius 1 is 1.50 bits per heavy atom. The van der Waals surface area contributed by atoms with Crippen molar-refractivity contribution in [1.82, 2.24) is 5.32 Å². The molecule has 0 spiro atoms. The molecule has 1 rings (SSSR count). The van der Waals surface area contributed by atoms with Crippen LogP contribution in [0.4, 0.5) is 0 Å². The van der Waals surface area contributed by atoms with Crippen molar-refractivity contribution in [2.45, 2.75) is 38.3 Å². The van der Waals surface area contributed by atoms with E-state index in [4.69, 9.17) is 4.74 Å². The molecule has 0 saturated heterocycles. The van der Waals surface area contributed by atoms with Crippen molar-refractivity contribution in [2.24, 2.45) is 0 Å². The highest BCUT2D eigenvalue weighted by Gasteiger charge is 2.27. The fraction of sp³-hybridized carbons (Fsp3) is 1.00. The van der Waals surface area contributed by atoms with Gasteiger partial charge in [-0.05, 0) is 26.3 Å². The van der Waals surface area contributed by atoms with E-state index in [0.717, 1.165) is 19.1 Å². The molecule has 1 aliphatic rings. The molecule has 0 unspecified atom stereocenters. The second-order valence-electron chi connectivity index (χ2n) is 2.95. The molecule has 0 heterocycles. The van der Waals surface area contributed by atoms with Gasteiger partial charge in [0, 0.05) is 12.6 Å². The predicted octanol–water partition coefficient (Wildman–Crippen LogP) is 1.16. The first kappa shape index (κ1) is 8.02. The Morgan fingerprint density at radius 2 is 2.20 bits per heavy atom. The monoisotopic (exact) mass is 143 g/mol. The van der Waals surface area contributed by atoms with Crippen LogP contribution in [0.5, 0.6) is 0 Å². The third-order valence-electron chi connectivity index (χ3n) is 2.06. The highest BCUT2D eigenvalue weighted by Crippen LogP contribution is 2.22. The van der Waals surface area contributed by atoms with Crippen molar-refractivity contribution < 1.29 is 4.74 Å². The SMILES string of the molecule is CCCOC1CC(NC)C1. The Kier molecular flexibility index (Phi) is 3.16. The van der Waals surface area contributed by atoms with Crippen molar-refractivity contribution in [3.63, 3.8) is 0 Å².